The highest BCUT2D eigenvalue weighted by Crippen LogP contribution is 2.28. The van der Waals surface area contributed by atoms with E-state index in [4.69, 9.17) is 0 Å². The lowest BCUT2D eigenvalue weighted by atomic mass is 9.95. The largest absolute Gasteiger partial charge is 0.327 e. The second kappa shape index (κ2) is 6.88. The third kappa shape index (κ3) is 3.49. The summed E-state index contributed by atoms with van der Waals surface area (Å²) in [4.78, 5) is 24.6. The molecule has 0 spiro atoms. The van der Waals surface area contributed by atoms with Gasteiger partial charge in [-0.3, -0.25) is 4.79 Å². The van der Waals surface area contributed by atoms with Crippen molar-refractivity contribution in [2.75, 3.05) is 5.32 Å². The van der Waals surface area contributed by atoms with E-state index in [-0.39, 0.29) is 11.9 Å². The van der Waals surface area contributed by atoms with E-state index in [0.29, 0.717) is 17.0 Å². The van der Waals surface area contributed by atoms with Crippen LogP contribution in [0.15, 0.2) is 70.3 Å². The first kappa shape index (κ1) is 16.3. The number of benzene rings is 2. The smallest absolute Gasteiger partial charge is 0.319 e. The lowest BCUT2D eigenvalue weighted by molar-refractivity contribution is -0.113. The molecule has 3 N–H and O–H groups in total. The number of halogens is 1. The number of nitrogens with one attached hydrogen (secondary N) is 3. The number of urea groups is 1. The van der Waals surface area contributed by atoms with Gasteiger partial charge in [0.25, 0.3) is 5.91 Å². The number of anilines is 1. The van der Waals surface area contributed by atoms with Crippen LogP contribution in [0.2, 0.25) is 0 Å². The molecule has 0 unspecified atom stereocenters. The molecule has 1 heterocycles. The first-order chi connectivity index (χ1) is 11.5. The van der Waals surface area contributed by atoms with E-state index in [9.17, 15) is 9.59 Å². The summed E-state index contributed by atoms with van der Waals surface area (Å²) >= 11 is 3.39. The molecule has 1 aliphatic heterocycles. The van der Waals surface area contributed by atoms with E-state index in [1.54, 1.807) is 6.92 Å². The van der Waals surface area contributed by atoms with Crippen LogP contribution in [0.4, 0.5) is 10.5 Å². The quantitative estimate of drug-likeness (QED) is 0.753. The highest BCUT2D eigenvalue weighted by atomic mass is 79.9. The first-order valence-electron chi connectivity index (χ1n) is 7.45. The van der Waals surface area contributed by atoms with Crippen LogP contribution in [-0.4, -0.2) is 11.9 Å². The molecule has 0 aromatic heterocycles. The van der Waals surface area contributed by atoms with Crippen molar-refractivity contribution >= 4 is 33.6 Å². The van der Waals surface area contributed by atoms with Crippen molar-refractivity contribution in [2.24, 2.45) is 0 Å². The molecule has 0 saturated carbocycles. The zero-order chi connectivity index (χ0) is 17.1. The summed E-state index contributed by atoms with van der Waals surface area (Å²) in [5.41, 5.74) is 2.57. The van der Waals surface area contributed by atoms with Crippen molar-refractivity contribution in [3.63, 3.8) is 0 Å². The molecule has 0 fully saturated rings. The first-order valence-corrected chi connectivity index (χ1v) is 8.24. The summed E-state index contributed by atoms with van der Waals surface area (Å²) in [6.45, 7) is 1.73. The Kier molecular flexibility index (Phi) is 4.66. The molecule has 2 aromatic carbocycles. The number of hydrogen-bond donors (Lipinski definition) is 3. The molecule has 1 aliphatic rings. The second-order valence-electron chi connectivity index (χ2n) is 5.44. The molecule has 0 radical (unpaired) electrons. The summed E-state index contributed by atoms with van der Waals surface area (Å²) in [6.07, 6.45) is 0. The molecule has 24 heavy (non-hydrogen) atoms. The van der Waals surface area contributed by atoms with Crippen LogP contribution in [0, 0.1) is 0 Å². The fourth-order valence-electron chi connectivity index (χ4n) is 2.62. The van der Waals surface area contributed by atoms with E-state index < -0.39 is 6.04 Å². The molecule has 122 valence electrons. The number of hydrogen-bond acceptors (Lipinski definition) is 2. The van der Waals surface area contributed by atoms with Crippen molar-refractivity contribution < 1.29 is 9.59 Å². The van der Waals surface area contributed by atoms with E-state index in [0.717, 1.165) is 10.0 Å². The third-order valence-corrected chi connectivity index (χ3v) is 4.28. The molecule has 2 aromatic rings. The number of allylic oxidation sites excluding steroid dienone is 1. The zero-order valence-electron chi connectivity index (χ0n) is 13.0. The molecule has 3 amide bonds. The van der Waals surface area contributed by atoms with Crippen LogP contribution in [0.3, 0.4) is 0 Å². The van der Waals surface area contributed by atoms with Gasteiger partial charge in [-0.15, -0.1) is 0 Å². The van der Waals surface area contributed by atoms with Crippen molar-refractivity contribution in [3.05, 3.63) is 75.9 Å². The monoisotopic (exact) mass is 385 g/mol. The van der Waals surface area contributed by atoms with E-state index in [1.807, 2.05) is 54.6 Å². The maximum Gasteiger partial charge on any atom is 0.319 e. The van der Waals surface area contributed by atoms with Gasteiger partial charge in [0.15, 0.2) is 0 Å². The molecule has 6 heteroatoms. The Hall–Kier alpha value is -2.60. The predicted octanol–water partition coefficient (Wildman–Crippen LogP) is 3.72. The highest BCUT2D eigenvalue weighted by Gasteiger charge is 2.31. The van der Waals surface area contributed by atoms with Gasteiger partial charge in [-0.2, -0.15) is 0 Å². The van der Waals surface area contributed by atoms with Crippen molar-refractivity contribution in [3.8, 4) is 0 Å². The normalized spacial score (nSPS) is 17.1. The van der Waals surface area contributed by atoms with Gasteiger partial charge in [0.05, 0.1) is 11.6 Å². The number of para-hydroxylation sites is 1. The molecule has 1 atom stereocenters. The molecular formula is C18H16BrN3O2. The summed E-state index contributed by atoms with van der Waals surface area (Å²) < 4.78 is 0.933. The van der Waals surface area contributed by atoms with Crippen LogP contribution in [0.25, 0.3) is 0 Å². The topological polar surface area (TPSA) is 70.2 Å². The van der Waals surface area contributed by atoms with Gasteiger partial charge < -0.3 is 16.0 Å². The lowest BCUT2D eigenvalue weighted by Gasteiger charge is -2.28. The van der Waals surface area contributed by atoms with E-state index in [2.05, 4.69) is 31.9 Å². The Morgan fingerprint density at radius 2 is 1.75 bits per heavy atom. The summed E-state index contributed by atoms with van der Waals surface area (Å²) in [5.74, 6) is -0.251. The minimum absolute atomic E-state index is 0.251. The number of carbonyl (C=O) groups is 2. The number of carbonyl (C=O) groups excluding carboxylic acids is 2. The Bertz CT molecular complexity index is 801. The standard InChI is InChI=1S/C18H16BrN3O2/c1-11-15(17(23)21-14-5-3-2-4-6-14)16(22-18(24)20-11)12-7-9-13(19)10-8-12/h2-10,16H,1H3,(H,21,23)(H2,20,22,24)/t16-/m0/s1. The zero-order valence-corrected chi connectivity index (χ0v) is 14.6. The Morgan fingerprint density at radius 3 is 2.42 bits per heavy atom. The van der Waals surface area contributed by atoms with Crippen LogP contribution >= 0.6 is 15.9 Å². The average molecular weight is 386 g/mol. The molecule has 0 saturated heterocycles. The maximum atomic E-state index is 12.8. The van der Waals surface area contributed by atoms with E-state index in [1.165, 1.54) is 0 Å². The Balaban J connectivity index is 1.94. The third-order valence-electron chi connectivity index (χ3n) is 3.75. The Morgan fingerprint density at radius 1 is 1.08 bits per heavy atom. The average Bonchev–Trinajstić information content (AvgIpc) is 2.55. The van der Waals surface area contributed by atoms with Crippen molar-refractivity contribution in [2.45, 2.75) is 13.0 Å². The van der Waals surface area contributed by atoms with Gasteiger partial charge in [-0.25, -0.2) is 4.79 Å². The van der Waals surface area contributed by atoms with Crippen LogP contribution in [0.5, 0.6) is 0 Å². The molecule has 5 nitrogen and oxygen atoms in total. The maximum absolute atomic E-state index is 12.8. The van der Waals surface area contributed by atoms with Gasteiger partial charge in [0.1, 0.15) is 0 Å². The summed E-state index contributed by atoms with van der Waals surface area (Å²) in [5, 5.41) is 8.35. The predicted molar refractivity (Wildman–Crippen MR) is 96.3 cm³/mol. The minimum Gasteiger partial charge on any atom is -0.327 e. The van der Waals surface area contributed by atoms with Gasteiger partial charge >= 0.3 is 6.03 Å². The van der Waals surface area contributed by atoms with Gasteiger partial charge in [0.2, 0.25) is 0 Å². The van der Waals surface area contributed by atoms with Crippen LogP contribution in [-0.2, 0) is 4.79 Å². The van der Waals surface area contributed by atoms with Crippen LogP contribution < -0.4 is 16.0 Å². The van der Waals surface area contributed by atoms with Crippen molar-refractivity contribution in [1.82, 2.24) is 10.6 Å². The number of rotatable bonds is 3. The fourth-order valence-corrected chi connectivity index (χ4v) is 2.88. The SMILES string of the molecule is CC1=C(C(=O)Nc2ccccc2)[C@H](c2ccc(Br)cc2)NC(=O)N1. The van der Waals surface area contributed by atoms with Gasteiger partial charge in [-0.05, 0) is 36.8 Å². The second-order valence-corrected chi connectivity index (χ2v) is 6.36. The summed E-state index contributed by atoms with van der Waals surface area (Å²) in [6, 6.07) is 15.9. The lowest BCUT2D eigenvalue weighted by Crippen LogP contribution is -2.45. The summed E-state index contributed by atoms with van der Waals surface area (Å²) in [7, 11) is 0. The molecule has 0 aliphatic carbocycles. The fraction of sp³-hybridized carbons (Fsp3) is 0.111. The van der Waals surface area contributed by atoms with Gasteiger partial charge in [-0.1, -0.05) is 46.3 Å². The van der Waals surface area contributed by atoms with Gasteiger partial charge in [0, 0.05) is 15.9 Å². The van der Waals surface area contributed by atoms with Crippen molar-refractivity contribution in [1.29, 1.82) is 0 Å². The molecule has 3 rings (SSSR count). The highest BCUT2D eigenvalue weighted by molar-refractivity contribution is 9.10. The number of amides is 3. The minimum atomic E-state index is -0.504. The molecular weight excluding hydrogens is 370 g/mol. The molecule has 0 bridgehead atoms. The van der Waals surface area contributed by atoms with Crippen LogP contribution in [0.1, 0.15) is 18.5 Å². The Labute approximate surface area is 148 Å². The van der Waals surface area contributed by atoms with E-state index >= 15 is 0 Å².